The molecule has 6 aliphatic rings. The molecule has 0 radical (unpaired) electrons. The quantitative estimate of drug-likeness (QED) is 0.212. The molecule has 4 heterocycles. The Morgan fingerprint density at radius 2 is 1.79 bits per heavy atom. The number of carbonyl (C=O) groups excluding carboxylic acids is 3. The Morgan fingerprint density at radius 3 is 2.47 bits per heavy atom. The molecule has 4 N–H and O–H groups in total. The van der Waals surface area contributed by atoms with Crippen molar-refractivity contribution in [3.63, 3.8) is 0 Å². The highest BCUT2D eigenvalue weighted by molar-refractivity contribution is 5.91. The van der Waals surface area contributed by atoms with Crippen molar-refractivity contribution >= 4 is 23.5 Å². The van der Waals surface area contributed by atoms with Crippen LogP contribution >= 0.6 is 0 Å². The molecule has 310 valence electrons. The molecule has 1 amide bonds. The summed E-state index contributed by atoms with van der Waals surface area (Å²) in [5.41, 5.74) is 0.452. The van der Waals surface area contributed by atoms with Gasteiger partial charge >= 0.3 is 11.9 Å². The van der Waals surface area contributed by atoms with Crippen LogP contribution in [0.4, 0.5) is 5.69 Å². The molecule has 11 atom stereocenters. The van der Waals surface area contributed by atoms with Crippen molar-refractivity contribution in [1.29, 1.82) is 0 Å². The van der Waals surface area contributed by atoms with E-state index in [-0.39, 0.29) is 30.7 Å². The number of carbonyl (C=O) groups is 3. The average molecular weight is 790 g/mol. The van der Waals surface area contributed by atoms with Crippen LogP contribution in [0, 0.1) is 17.8 Å². The fraction of sp³-hybridized carbons (Fsp3) is 0.622. The highest BCUT2D eigenvalue weighted by atomic mass is 16.7. The molecule has 4 fully saturated rings. The van der Waals surface area contributed by atoms with Gasteiger partial charge in [0.1, 0.15) is 42.5 Å². The number of esters is 2. The summed E-state index contributed by atoms with van der Waals surface area (Å²) in [4.78, 5) is 40.3. The number of nitrogens with one attached hydrogen (secondary N) is 1. The minimum absolute atomic E-state index is 0.00930. The lowest BCUT2D eigenvalue weighted by atomic mass is 9.64. The van der Waals surface area contributed by atoms with Gasteiger partial charge in [-0.1, -0.05) is 69.7 Å². The number of amides is 1. The van der Waals surface area contributed by atoms with E-state index >= 15 is 0 Å². The largest absolute Gasteiger partial charge is 0.462 e. The minimum atomic E-state index is -1.85. The third kappa shape index (κ3) is 7.93. The molecule has 4 aliphatic heterocycles. The minimum Gasteiger partial charge on any atom is -0.462 e. The molecule has 12 heteroatoms. The normalized spacial score (nSPS) is 40.2. The van der Waals surface area contributed by atoms with Gasteiger partial charge in [0.25, 0.3) is 0 Å². The highest BCUT2D eigenvalue weighted by Gasteiger charge is 2.60. The lowest BCUT2D eigenvalue weighted by Crippen LogP contribution is -2.58. The Morgan fingerprint density at radius 1 is 1.04 bits per heavy atom. The lowest BCUT2D eigenvalue weighted by Gasteiger charge is -2.50. The maximum absolute atomic E-state index is 14.4. The van der Waals surface area contributed by atoms with Gasteiger partial charge in [0.05, 0.1) is 24.2 Å². The van der Waals surface area contributed by atoms with E-state index in [0.717, 1.165) is 30.4 Å². The van der Waals surface area contributed by atoms with Crippen LogP contribution in [0.1, 0.15) is 98.0 Å². The molecule has 1 spiro atoms. The van der Waals surface area contributed by atoms with E-state index in [1.54, 1.807) is 37.3 Å². The van der Waals surface area contributed by atoms with Crippen molar-refractivity contribution in [2.24, 2.45) is 17.8 Å². The molecule has 7 rings (SSSR count). The predicted molar refractivity (Wildman–Crippen MR) is 211 cm³/mol. The number of ether oxygens (including phenoxy) is 5. The molecular weight excluding hydrogens is 730 g/mol. The molecule has 1 aromatic carbocycles. The molecule has 1 aromatic rings. The maximum atomic E-state index is 14.4. The molecule has 2 aliphatic carbocycles. The molecule has 3 saturated heterocycles. The molecule has 1 saturated carbocycles. The monoisotopic (exact) mass is 789 g/mol. The first kappa shape index (κ1) is 41.5. The second-order valence-electron chi connectivity index (χ2n) is 17.3. The number of allylic oxidation sites excluding steroid dienone is 2. The third-order valence-electron chi connectivity index (χ3n) is 13.4. The Hall–Kier alpha value is -3.65. The first-order chi connectivity index (χ1) is 27.2. The van der Waals surface area contributed by atoms with Gasteiger partial charge in [-0.25, -0.2) is 0 Å². The van der Waals surface area contributed by atoms with E-state index in [0.29, 0.717) is 61.3 Å². The Labute approximate surface area is 335 Å². The van der Waals surface area contributed by atoms with Crippen LogP contribution in [0.2, 0.25) is 0 Å². The average Bonchev–Trinajstić information content (AvgIpc) is 3.51. The lowest BCUT2D eigenvalue weighted by molar-refractivity contribution is -0.335. The zero-order chi connectivity index (χ0) is 40.7. The first-order valence-electron chi connectivity index (χ1n) is 20.7. The Bertz CT molecular complexity index is 1810. The topological polar surface area (TPSA) is 170 Å². The van der Waals surface area contributed by atoms with Gasteiger partial charge in [0.2, 0.25) is 5.91 Å². The van der Waals surface area contributed by atoms with Crippen molar-refractivity contribution in [3.8, 4) is 0 Å². The number of anilines is 1. The van der Waals surface area contributed by atoms with Crippen LogP contribution in [0.5, 0.6) is 0 Å². The van der Waals surface area contributed by atoms with E-state index < -0.39 is 65.6 Å². The van der Waals surface area contributed by atoms with Crippen LogP contribution in [0.3, 0.4) is 0 Å². The van der Waals surface area contributed by atoms with E-state index in [9.17, 15) is 24.6 Å². The number of aliphatic hydroxyl groups excluding tert-OH is 2. The Kier molecular flexibility index (Phi) is 12.0. The Balaban J connectivity index is 1.23. The van der Waals surface area contributed by atoms with E-state index in [2.05, 4.69) is 25.2 Å². The van der Waals surface area contributed by atoms with Gasteiger partial charge in [-0.2, -0.15) is 0 Å². The van der Waals surface area contributed by atoms with Crippen molar-refractivity contribution in [2.45, 2.75) is 146 Å². The number of fused-ring (bicyclic) bond motifs is 2. The summed E-state index contributed by atoms with van der Waals surface area (Å²) >= 11 is 0. The SMILES string of the molecule is CC[C@H]1O[C@]2(CC[C@@H]1C)C[C@@H]1C[C@@H](C/C=C(\C)[C@H](OC(=O)C3(c4ccc(NC(=O)CO)cc4)CCC3)[C@@H](C)/C=C/C=C3\CO[C@@H]4[C@H](O)C(C)=C[C@@H](C(=O)O1)[C@]34O)O2. The van der Waals surface area contributed by atoms with Gasteiger partial charge in [0, 0.05) is 30.9 Å². The molecule has 12 nitrogen and oxygen atoms in total. The van der Waals surface area contributed by atoms with Crippen LogP contribution in [-0.4, -0.2) is 94.4 Å². The van der Waals surface area contributed by atoms with Crippen molar-refractivity contribution in [2.75, 3.05) is 18.5 Å². The van der Waals surface area contributed by atoms with Crippen molar-refractivity contribution in [1.82, 2.24) is 0 Å². The van der Waals surface area contributed by atoms with Crippen molar-refractivity contribution in [3.05, 3.63) is 76.9 Å². The fourth-order valence-electron chi connectivity index (χ4n) is 9.81. The summed E-state index contributed by atoms with van der Waals surface area (Å²) in [6.07, 6.45) is 11.1. The molecule has 0 aromatic heterocycles. The van der Waals surface area contributed by atoms with Crippen LogP contribution in [-0.2, 0) is 43.5 Å². The number of hydrogen-bond acceptors (Lipinski definition) is 11. The summed E-state index contributed by atoms with van der Waals surface area (Å²) in [6.45, 7) is 9.33. The van der Waals surface area contributed by atoms with E-state index in [4.69, 9.17) is 28.8 Å². The second-order valence-corrected chi connectivity index (χ2v) is 17.3. The molecule has 2 bridgehead atoms. The van der Waals surface area contributed by atoms with E-state index in [1.165, 1.54) is 0 Å². The smallest absolute Gasteiger partial charge is 0.317 e. The van der Waals surface area contributed by atoms with Crippen molar-refractivity contribution < 1.29 is 53.4 Å². The maximum Gasteiger partial charge on any atom is 0.317 e. The van der Waals surface area contributed by atoms with Gasteiger partial charge in [0.15, 0.2) is 5.79 Å². The third-order valence-corrected chi connectivity index (χ3v) is 13.4. The van der Waals surface area contributed by atoms with Crippen LogP contribution in [0.25, 0.3) is 0 Å². The highest BCUT2D eigenvalue weighted by Crippen LogP contribution is 2.48. The summed E-state index contributed by atoms with van der Waals surface area (Å²) < 4.78 is 32.4. The number of hydrogen-bond donors (Lipinski definition) is 4. The summed E-state index contributed by atoms with van der Waals surface area (Å²) in [7, 11) is 0. The summed E-state index contributed by atoms with van der Waals surface area (Å²) in [5, 5.41) is 35.3. The van der Waals surface area contributed by atoms with Gasteiger partial charge < -0.3 is 44.3 Å². The summed E-state index contributed by atoms with van der Waals surface area (Å²) in [6, 6.07) is 7.11. The van der Waals surface area contributed by atoms with Crippen LogP contribution < -0.4 is 5.32 Å². The van der Waals surface area contributed by atoms with Crippen LogP contribution in [0.15, 0.2) is 71.4 Å². The van der Waals surface area contributed by atoms with Gasteiger partial charge in [-0.05, 0) is 86.3 Å². The van der Waals surface area contributed by atoms with Gasteiger partial charge in [-0.3, -0.25) is 14.4 Å². The van der Waals surface area contributed by atoms with E-state index in [1.807, 2.05) is 32.1 Å². The van der Waals surface area contributed by atoms with Gasteiger partial charge in [-0.15, -0.1) is 0 Å². The molecule has 57 heavy (non-hydrogen) atoms. The fourth-order valence-corrected chi connectivity index (χ4v) is 9.81. The second kappa shape index (κ2) is 16.5. The number of aliphatic hydroxyl groups is 3. The standard InChI is InChI=1S/C45H59NO11/c1-6-36-26(2)17-20-44(57-36)23-34-22-33(56-44)16-11-28(4)39(55-42(51)43(18-8-19-43)30-12-14-32(15-13-30)46-37(48)24-47)27(3)9-7-10-31-25-53-40-38(49)29(5)21-35(41(50)54-34)45(31,40)52/h7,9-15,21,26-27,33-36,38-40,47,49,52H,6,8,16-20,22-25H2,1-5H3,(H,46,48)/b9-7+,28-11+,31-10+/t26-,27-,33+,34-,35-,36+,38+,39+,40+,44+,45+/m0/s1. The summed E-state index contributed by atoms with van der Waals surface area (Å²) in [5.74, 6) is -3.44. The zero-order valence-electron chi connectivity index (χ0n) is 33.8. The number of rotatable bonds is 6. The zero-order valence-corrected chi connectivity index (χ0v) is 33.8. The first-order valence-corrected chi connectivity index (χ1v) is 20.7. The predicted octanol–water partition coefficient (Wildman–Crippen LogP) is 5.50. The number of benzene rings is 1. The molecular formula is C45H59NO11. The molecule has 0 unspecified atom stereocenters.